The number of aryl methyl sites for hydroxylation is 2. The molecule has 0 aliphatic rings. The van der Waals surface area contributed by atoms with Gasteiger partial charge in [-0.3, -0.25) is 0 Å². The van der Waals surface area contributed by atoms with E-state index in [0.29, 0.717) is 0 Å². The molecule has 0 bridgehead atoms. The third kappa shape index (κ3) is 3.24. The average Bonchev–Trinajstić information content (AvgIpc) is 2.10. The van der Waals surface area contributed by atoms with Crippen LogP contribution < -0.4 is 0 Å². The highest BCUT2D eigenvalue weighted by molar-refractivity contribution is 7.98. The van der Waals surface area contributed by atoms with Gasteiger partial charge < -0.3 is 0 Å². The molecular formula is C11H15ClS. The summed E-state index contributed by atoms with van der Waals surface area (Å²) in [6.45, 7) is 4.34. The molecule has 0 radical (unpaired) electrons. The highest BCUT2D eigenvalue weighted by Gasteiger charge is 2.00. The van der Waals surface area contributed by atoms with Crippen LogP contribution in [0, 0.1) is 13.8 Å². The quantitative estimate of drug-likeness (QED) is 0.543. The van der Waals surface area contributed by atoms with Crippen LogP contribution in [-0.2, 0) is 5.75 Å². The fourth-order valence-corrected chi connectivity index (χ4v) is 2.55. The van der Waals surface area contributed by atoms with Crippen LogP contribution in [0.5, 0.6) is 0 Å². The molecule has 13 heavy (non-hydrogen) atoms. The fraction of sp³-hybridized carbons (Fsp3) is 0.455. The molecule has 1 rings (SSSR count). The molecule has 0 heterocycles. The standard InChI is InChI=1S/C11H15ClS/c1-9-4-3-5-10(2)11(9)8-13-7-6-12/h3-5H,6-8H2,1-2H3. The van der Waals surface area contributed by atoms with Gasteiger partial charge in [0.05, 0.1) is 0 Å². The zero-order valence-corrected chi connectivity index (χ0v) is 9.71. The predicted molar refractivity (Wildman–Crippen MR) is 62.8 cm³/mol. The van der Waals surface area contributed by atoms with E-state index in [-0.39, 0.29) is 0 Å². The van der Waals surface area contributed by atoms with Gasteiger partial charge in [-0.15, -0.1) is 11.6 Å². The first kappa shape index (κ1) is 10.9. The van der Waals surface area contributed by atoms with E-state index in [4.69, 9.17) is 11.6 Å². The summed E-state index contributed by atoms with van der Waals surface area (Å²) >= 11 is 7.53. The molecule has 0 unspecified atom stereocenters. The number of hydrogen-bond donors (Lipinski definition) is 0. The van der Waals surface area contributed by atoms with Crippen LogP contribution >= 0.6 is 23.4 Å². The second-order valence-corrected chi connectivity index (χ2v) is 4.60. The van der Waals surface area contributed by atoms with E-state index in [2.05, 4.69) is 32.0 Å². The van der Waals surface area contributed by atoms with E-state index in [9.17, 15) is 0 Å². The highest BCUT2D eigenvalue weighted by atomic mass is 35.5. The smallest absolute Gasteiger partial charge is 0.0314 e. The van der Waals surface area contributed by atoms with Gasteiger partial charge in [-0.05, 0) is 30.5 Å². The fourth-order valence-electron chi connectivity index (χ4n) is 1.31. The van der Waals surface area contributed by atoms with Crippen molar-refractivity contribution in [2.24, 2.45) is 0 Å². The molecule has 0 aromatic heterocycles. The van der Waals surface area contributed by atoms with Crippen molar-refractivity contribution in [3.05, 3.63) is 34.9 Å². The van der Waals surface area contributed by atoms with E-state index < -0.39 is 0 Å². The van der Waals surface area contributed by atoms with Gasteiger partial charge in [-0.1, -0.05) is 18.2 Å². The largest absolute Gasteiger partial charge is 0.156 e. The molecule has 0 spiro atoms. The molecule has 0 atom stereocenters. The van der Waals surface area contributed by atoms with Crippen molar-refractivity contribution < 1.29 is 0 Å². The highest BCUT2D eigenvalue weighted by Crippen LogP contribution is 2.19. The summed E-state index contributed by atoms with van der Waals surface area (Å²) < 4.78 is 0. The SMILES string of the molecule is Cc1cccc(C)c1CSCCCl. The molecule has 72 valence electrons. The van der Waals surface area contributed by atoms with Crippen molar-refractivity contribution in [2.45, 2.75) is 19.6 Å². The zero-order chi connectivity index (χ0) is 9.68. The Kier molecular flexibility index (Phi) is 4.68. The molecule has 1 aromatic rings. The van der Waals surface area contributed by atoms with Gasteiger partial charge in [0.2, 0.25) is 0 Å². The lowest BCUT2D eigenvalue weighted by Gasteiger charge is -2.08. The number of benzene rings is 1. The van der Waals surface area contributed by atoms with Gasteiger partial charge >= 0.3 is 0 Å². The summed E-state index contributed by atoms with van der Waals surface area (Å²) in [7, 11) is 0. The summed E-state index contributed by atoms with van der Waals surface area (Å²) in [6, 6.07) is 6.45. The van der Waals surface area contributed by atoms with Gasteiger partial charge in [0.1, 0.15) is 0 Å². The minimum absolute atomic E-state index is 0.746. The van der Waals surface area contributed by atoms with E-state index in [1.54, 1.807) is 0 Å². The Hall–Kier alpha value is -0.140. The minimum Gasteiger partial charge on any atom is -0.156 e. The second-order valence-electron chi connectivity index (χ2n) is 3.11. The summed E-state index contributed by atoms with van der Waals surface area (Å²) in [4.78, 5) is 0. The summed E-state index contributed by atoms with van der Waals surface area (Å²) in [5.74, 6) is 2.87. The molecule has 0 aliphatic carbocycles. The zero-order valence-electron chi connectivity index (χ0n) is 8.14. The Balaban J connectivity index is 2.64. The van der Waals surface area contributed by atoms with Crippen molar-refractivity contribution in [3.63, 3.8) is 0 Å². The van der Waals surface area contributed by atoms with Crippen LogP contribution in [0.2, 0.25) is 0 Å². The van der Waals surface area contributed by atoms with Crippen molar-refractivity contribution in [2.75, 3.05) is 11.6 Å². The first-order chi connectivity index (χ1) is 6.25. The molecule has 0 saturated carbocycles. The Morgan fingerprint density at radius 1 is 1.23 bits per heavy atom. The molecule has 0 saturated heterocycles. The van der Waals surface area contributed by atoms with Gasteiger partial charge in [0.15, 0.2) is 0 Å². The predicted octanol–water partition coefficient (Wildman–Crippen LogP) is 3.78. The monoisotopic (exact) mass is 214 g/mol. The van der Waals surface area contributed by atoms with Crippen LogP contribution in [0.1, 0.15) is 16.7 Å². The first-order valence-corrected chi connectivity index (χ1v) is 6.13. The normalized spacial score (nSPS) is 10.4. The molecular weight excluding hydrogens is 200 g/mol. The average molecular weight is 215 g/mol. The van der Waals surface area contributed by atoms with E-state index in [1.807, 2.05) is 11.8 Å². The minimum atomic E-state index is 0.746. The maximum Gasteiger partial charge on any atom is 0.0314 e. The van der Waals surface area contributed by atoms with Gasteiger partial charge in [0, 0.05) is 17.4 Å². The van der Waals surface area contributed by atoms with E-state index in [1.165, 1.54) is 16.7 Å². The van der Waals surface area contributed by atoms with Crippen LogP contribution in [-0.4, -0.2) is 11.6 Å². The van der Waals surface area contributed by atoms with Crippen molar-refractivity contribution in [3.8, 4) is 0 Å². The molecule has 0 nitrogen and oxygen atoms in total. The molecule has 0 N–H and O–H groups in total. The third-order valence-corrected chi connectivity index (χ3v) is 3.51. The van der Waals surface area contributed by atoms with Crippen LogP contribution in [0.15, 0.2) is 18.2 Å². The molecule has 2 heteroatoms. The van der Waals surface area contributed by atoms with Crippen LogP contribution in [0.4, 0.5) is 0 Å². The number of rotatable bonds is 4. The maximum absolute atomic E-state index is 5.63. The lowest BCUT2D eigenvalue weighted by atomic mass is 10.1. The first-order valence-electron chi connectivity index (χ1n) is 4.44. The van der Waals surface area contributed by atoms with Crippen molar-refractivity contribution >= 4 is 23.4 Å². The van der Waals surface area contributed by atoms with Crippen molar-refractivity contribution in [1.82, 2.24) is 0 Å². The summed E-state index contributed by atoms with van der Waals surface area (Å²) in [5.41, 5.74) is 4.25. The van der Waals surface area contributed by atoms with Crippen molar-refractivity contribution in [1.29, 1.82) is 0 Å². The Labute approximate surface area is 89.7 Å². The lowest BCUT2D eigenvalue weighted by Crippen LogP contribution is -1.92. The Morgan fingerprint density at radius 2 is 1.85 bits per heavy atom. The number of hydrogen-bond acceptors (Lipinski definition) is 1. The molecule has 0 fully saturated rings. The van der Waals surface area contributed by atoms with Gasteiger partial charge in [0.25, 0.3) is 0 Å². The Bertz CT molecular complexity index is 251. The number of thioether (sulfide) groups is 1. The summed E-state index contributed by atoms with van der Waals surface area (Å²) in [5, 5.41) is 0. The molecule has 1 aromatic carbocycles. The van der Waals surface area contributed by atoms with Crippen LogP contribution in [0.25, 0.3) is 0 Å². The molecule has 0 amide bonds. The maximum atomic E-state index is 5.63. The van der Waals surface area contributed by atoms with E-state index in [0.717, 1.165) is 17.4 Å². The third-order valence-electron chi connectivity index (χ3n) is 2.11. The number of halogens is 1. The van der Waals surface area contributed by atoms with Gasteiger partial charge in [-0.2, -0.15) is 11.8 Å². The van der Waals surface area contributed by atoms with E-state index >= 15 is 0 Å². The lowest BCUT2D eigenvalue weighted by molar-refractivity contribution is 1.24. The topological polar surface area (TPSA) is 0 Å². The summed E-state index contributed by atoms with van der Waals surface area (Å²) in [6.07, 6.45) is 0. The van der Waals surface area contributed by atoms with Crippen LogP contribution in [0.3, 0.4) is 0 Å². The number of alkyl halides is 1. The van der Waals surface area contributed by atoms with Gasteiger partial charge in [-0.25, -0.2) is 0 Å². The second kappa shape index (κ2) is 5.56. The molecule has 0 aliphatic heterocycles. The Morgan fingerprint density at radius 3 is 2.38 bits per heavy atom.